The molecule has 0 spiro atoms. The van der Waals surface area contributed by atoms with Crippen LogP contribution in [-0.4, -0.2) is 42.9 Å². The SMILES string of the molecule is COC(=O)[C@@H]1C[C@]2(C)C(C(=O)COC(C)=O)=CC[C@@H]2[C@H]2CCC3=CC(=O)C=C[C@]3(C)[C@]21F. The Labute approximate surface area is 186 Å². The molecule has 4 aliphatic rings. The van der Waals surface area contributed by atoms with Crippen molar-refractivity contribution in [2.75, 3.05) is 13.7 Å². The summed E-state index contributed by atoms with van der Waals surface area (Å²) in [6, 6.07) is 0. The van der Waals surface area contributed by atoms with Crippen LogP contribution in [0.25, 0.3) is 0 Å². The molecule has 0 bridgehead atoms. The van der Waals surface area contributed by atoms with Crippen molar-refractivity contribution >= 4 is 23.5 Å². The summed E-state index contributed by atoms with van der Waals surface area (Å²) in [6.07, 6.45) is 7.98. The first kappa shape index (κ1) is 22.6. The van der Waals surface area contributed by atoms with Gasteiger partial charge in [0.05, 0.1) is 13.0 Å². The second kappa shape index (κ2) is 7.49. The van der Waals surface area contributed by atoms with Gasteiger partial charge in [-0.15, -0.1) is 0 Å². The van der Waals surface area contributed by atoms with Crippen LogP contribution >= 0.6 is 0 Å². The van der Waals surface area contributed by atoms with Crippen LogP contribution in [0.15, 0.2) is 35.5 Å². The summed E-state index contributed by atoms with van der Waals surface area (Å²) in [5, 5.41) is 0. The van der Waals surface area contributed by atoms with E-state index >= 15 is 4.39 Å². The standard InChI is InChI=1S/C25H29FO6/c1-14(27)32-13-21(29)19-8-7-17-18-6-5-15-11-16(28)9-10-24(15,3)25(18,26)20(22(30)31-4)12-23(17,19)2/h8-11,17-18,20H,5-7,12-13H2,1-4H3/t17-,18-,20+,23+,24+,25+/m1/s1. The second-order valence-electron chi connectivity index (χ2n) is 9.88. The van der Waals surface area contributed by atoms with E-state index in [1.54, 1.807) is 13.0 Å². The number of rotatable bonds is 4. The molecule has 0 N–H and O–H groups in total. The van der Waals surface area contributed by atoms with Gasteiger partial charge in [0.15, 0.2) is 18.2 Å². The third-order valence-corrected chi connectivity index (χ3v) is 8.45. The van der Waals surface area contributed by atoms with E-state index in [0.717, 1.165) is 0 Å². The number of carbonyl (C=O) groups excluding carboxylic acids is 4. The van der Waals surface area contributed by atoms with Crippen molar-refractivity contribution < 1.29 is 33.0 Å². The van der Waals surface area contributed by atoms with Gasteiger partial charge in [0, 0.05) is 23.3 Å². The van der Waals surface area contributed by atoms with E-state index in [2.05, 4.69) is 0 Å². The minimum atomic E-state index is -1.95. The van der Waals surface area contributed by atoms with Gasteiger partial charge in [-0.2, -0.15) is 0 Å². The summed E-state index contributed by atoms with van der Waals surface area (Å²) < 4.78 is 27.4. The monoisotopic (exact) mass is 444 g/mol. The third kappa shape index (κ3) is 2.96. The van der Waals surface area contributed by atoms with Crippen LogP contribution in [0.3, 0.4) is 0 Å². The topological polar surface area (TPSA) is 86.7 Å². The highest BCUT2D eigenvalue weighted by atomic mass is 19.1. The lowest BCUT2D eigenvalue weighted by atomic mass is 9.43. The molecular weight excluding hydrogens is 415 g/mol. The molecule has 6 atom stereocenters. The smallest absolute Gasteiger partial charge is 0.312 e. The lowest BCUT2D eigenvalue weighted by Gasteiger charge is -2.62. The maximum atomic E-state index is 17.5. The molecule has 0 amide bonds. The third-order valence-electron chi connectivity index (χ3n) is 8.45. The summed E-state index contributed by atoms with van der Waals surface area (Å²) in [7, 11) is 1.24. The first-order valence-corrected chi connectivity index (χ1v) is 11.1. The average molecular weight is 444 g/mol. The van der Waals surface area contributed by atoms with Crippen molar-refractivity contribution in [1.29, 1.82) is 0 Å². The zero-order valence-corrected chi connectivity index (χ0v) is 18.9. The minimum absolute atomic E-state index is 0.111. The highest BCUT2D eigenvalue weighted by molar-refractivity contribution is 6.01. The molecule has 0 radical (unpaired) electrons. The Morgan fingerprint density at radius 2 is 1.94 bits per heavy atom. The molecule has 6 nitrogen and oxygen atoms in total. The van der Waals surface area contributed by atoms with Crippen molar-refractivity contribution in [3.63, 3.8) is 0 Å². The van der Waals surface area contributed by atoms with Crippen LogP contribution in [0.5, 0.6) is 0 Å². The van der Waals surface area contributed by atoms with Gasteiger partial charge in [-0.1, -0.05) is 24.6 Å². The molecular formula is C25H29FO6. The first-order valence-electron chi connectivity index (χ1n) is 11.1. The Bertz CT molecular complexity index is 992. The molecule has 4 aliphatic carbocycles. The number of fused-ring (bicyclic) bond motifs is 5. The predicted molar refractivity (Wildman–Crippen MR) is 113 cm³/mol. The summed E-state index contributed by atoms with van der Waals surface area (Å²) >= 11 is 0. The number of allylic oxidation sites excluding steroid dienone is 5. The number of hydrogen-bond donors (Lipinski definition) is 0. The molecule has 0 aromatic rings. The molecule has 0 aliphatic heterocycles. The zero-order chi connectivity index (χ0) is 23.5. The maximum absolute atomic E-state index is 17.5. The molecule has 4 rings (SSSR count). The number of ether oxygens (including phenoxy) is 2. The highest BCUT2D eigenvalue weighted by Gasteiger charge is 2.71. The van der Waals surface area contributed by atoms with Crippen LogP contribution in [-0.2, 0) is 28.7 Å². The summed E-state index contributed by atoms with van der Waals surface area (Å²) in [5.41, 5.74) is -2.58. The Kier molecular flexibility index (Phi) is 5.30. The Morgan fingerprint density at radius 3 is 2.59 bits per heavy atom. The molecule has 0 saturated heterocycles. The first-order chi connectivity index (χ1) is 15.0. The van der Waals surface area contributed by atoms with Crippen LogP contribution in [0.2, 0.25) is 0 Å². The van der Waals surface area contributed by atoms with Crippen LogP contribution in [0, 0.1) is 28.6 Å². The zero-order valence-electron chi connectivity index (χ0n) is 18.9. The van der Waals surface area contributed by atoms with Crippen LogP contribution in [0.1, 0.15) is 46.5 Å². The van der Waals surface area contributed by atoms with E-state index < -0.39 is 40.3 Å². The van der Waals surface area contributed by atoms with E-state index in [9.17, 15) is 19.2 Å². The predicted octanol–water partition coefficient (Wildman–Crippen LogP) is 3.45. The van der Waals surface area contributed by atoms with E-state index in [0.29, 0.717) is 30.4 Å². The number of alkyl halides is 1. The van der Waals surface area contributed by atoms with Crippen molar-refractivity contribution in [3.05, 3.63) is 35.5 Å². The quantitative estimate of drug-likeness (QED) is 0.618. The van der Waals surface area contributed by atoms with Crippen molar-refractivity contribution in [2.45, 2.75) is 52.1 Å². The molecule has 2 fully saturated rings. The van der Waals surface area contributed by atoms with Gasteiger partial charge in [0.1, 0.15) is 5.67 Å². The van der Waals surface area contributed by atoms with Gasteiger partial charge < -0.3 is 9.47 Å². The summed E-state index contributed by atoms with van der Waals surface area (Å²) in [6.45, 7) is 4.54. The molecule has 2 saturated carbocycles. The van der Waals surface area contributed by atoms with Gasteiger partial charge in [-0.25, -0.2) is 4.39 Å². The molecule has 0 unspecified atom stereocenters. The summed E-state index contributed by atoms with van der Waals surface area (Å²) in [5.74, 6) is -3.47. The Hall–Kier alpha value is -2.57. The average Bonchev–Trinajstić information content (AvgIpc) is 3.09. The number of halogens is 1. The van der Waals surface area contributed by atoms with E-state index in [4.69, 9.17) is 9.47 Å². The molecule has 172 valence electrons. The number of ketones is 2. The van der Waals surface area contributed by atoms with Gasteiger partial charge >= 0.3 is 11.9 Å². The number of carbonyl (C=O) groups is 4. The summed E-state index contributed by atoms with van der Waals surface area (Å²) in [4.78, 5) is 49.1. The fourth-order valence-corrected chi connectivity index (χ4v) is 6.91. The number of esters is 2. The molecule has 0 aromatic carbocycles. The van der Waals surface area contributed by atoms with Crippen molar-refractivity contribution in [2.24, 2.45) is 28.6 Å². The normalized spacial score (nSPS) is 39.8. The fraction of sp³-hybridized carbons (Fsp3) is 0.600. The maximum Gasteiger partial charge on any atom is 0.312 e. The van der Waals surface area contributed by atoms with Crippen LogP contribution in [0.4, 0.5) is 4.39 Å². The molecule has 0 aromatic heterocycles. The van der Waals surface area contributed by atoms with E-state index in [1.807, 2.05) is 13.0 Å². The second-order valence-corrected chi connectivity index (χ2v) is 9.88. The van der Waals surface area contributed by atoms with Crippen LogP contribution < -0.4 is 0 Å². The van der Waals surface area contributed by atoms with E-state index in [-0.39, 0.29) is 30.5 Å². The molecule has 0 heterocycles. The lowest BCUT2D eigenvalue weighted by molar-refractivity contribution is -0.186. The molecule has 7 heteroatoms. The van der Waals surface area contributed by atoms with Gasteiger partial charge in [-0.3, -0.25) is 19.2 Å². The van der Waals surface area contributed by atoms with Gasteiger partial charge in [-0.05, 0) is 56.6 Å². The highest BCUT2D eigenvalue weighted by Crippen LogP contribution is 2.69. The van der Waals surface area contributed by atoms with Crippen molar-refractivity contribution in [1.82, 2.24) is 0 Å². The fourth-order valence-electron chi connectivity index (χ4n) is 6.91. The largest absolute Gasteiger partial charge is 0.469 e. The minimum Gasteiger partial charge on any atom is -0.469 e. The Balaban J connectivity index is 1.78. The lowest BCUT2D eigenvalue weighted by Crippen LogP contribution is -2.66. The van der Waals surface area contributed by atoms with Gasteiger partial charge in [0.2, 0.25) is 0 Å². The molecule has 32 heavy (non-hydrogen) atoms. The van der Waals surface area contributed by atoms with Gasteiger partial charge in [0.25, 0.3) is 0 Å². The number of methoxy groups -OCH3 is 1. The number of hydrogen-bond acceptors (Lipinski definition) is 6. The number of Topliss-reactive ketones (excluding diaryl/α,β-unsaturated/α-hetero) is 1. The van der Waals surface area contributed by atoms with E-state index in [1.165, 1.54) is 26.2 Å². The Morgan fingerprint density at radius 1 is 1.22 bits per heavy atom. The van der Waals surface area contributed by atoms with Crippen molar-refractivity contribution in [3.8, 4) is 0 Å².